The average Bonchev–Trinajstić information content (AvgIpc) is 2.69. The lowest BCUT2D eigenvalue weighted by atomic mass is 10.2. The van der Waals surface area contributed by atoms with Gasteiger partial charge in [-0.05, 0) is 36.8 Å². The molecule has 1 N–H and O–H groups in total. The summed E-state index contributed by atoms with van der Waals surface area (Å²) in [7, 11) is -8.03. The second-order valence-electron chi connectivity index (χ2n) is 6.52. The molecule has 0 amide bonds. The van der Waals surface area contributed by atoms with Crippen LogP contribution in [0.4, 0.5) is 10.1 Å². The first-order valence-corrected chi connectivity index (χ1v) is 11.8. The first kappa shape index (κ1) is 21.4. The third-order valence-corrected chi connectivity index (χ3v) is 7.22. The number of anilines is 1. The minimum absolute atomic E-state index is 0.0493. The molecule has 2 aromatic carbocycles. The van der Waals surface area contributed by atoms with Gasteiger partial charge >= 0.3 is 0 Å². The summed E-state index contributed by atoms with van der Waals surface area (Å²) >= 11 is 0. The van der Waals surface area contributed by atoms with E-state index < -0.39 is 30.8 Å². The number of ether oxygens (including phenoxy) is 1. The van der Waals surface area contributed by atoms with Gasteiger partial charge in [-0.1, -0.05) is 29.8 Å². The number of rotatable bonds is 6. The molecular weight excluding hydrogens is 419 g/mol. The summed E-state index contributed by atoms with van der Waals surface area (Å²) < 4.78 is 72.8. The van der Waals surface area contributed by atoms with E-state index in [1.807, 2.05) is 19.1 Å². The van der Waals surface area contributed by atoms with Crippen molar-refractivity contribution >= 4 is 31.8 Å². The van der Waals surface area contributed by atoms with Crippen molar-refractivity contribution in [2.45, 2.75) is 11.8 Å². The number of hydrogen-bond donors (Lipinski definition) is 1. The van der Waals surface area contributed by atoms with Crippen molar-refractivity contribution in [3.63, 3.8) is 0 Å². The summed E-state index contributed by atoms with van der Waals surface area (Å²) in [5.41, 5.74) is 1.69. The number of nitrogens with one attached hydrogen (secondary N) is 1. The predicted octanol–water partition coefficient (Wildman–Crippen LogP) is 2.57. The third kappa shape index (κ3) is 5.41. The molecule has 0 unspecified atom stereocenters. The quantitative estimate of drug-likeness (QED) is 0.745. The lowest BCUT2D eigenvalue weighted by molar-refractivity contribution is 0.0729. The molecule has 0 aliphatic carbocycles. The van der Waals surface area contributed by atoms with E-state index in [9.17, 15) is 21.2 Å². The Morgan fingerprint density at radius 3 is 2.34 bits per heavy atom. The predicted molar refractivity (Wildman–Crippen MR) is 109 cm³/mol. The zero-order valence-corrected chi connectivity index (χ0v) is 17.3. The van der Waals surface area contributed by atoms with Crippen LogP contribution in [0.2, 0.25) is 0 Å². The van der Waals surface area contributed by atoms with Crippen LogP contribution in [-0.2, 0) is 24.8 Å². The van der Waals surface area contributed by atoms with Crippen molar-refractivity contribution in [1.82, 2.24) is 4.31 Å². The van der Waals surface area contributed by atoms with Gasteiger partial charge in [-0.2, -0.15) is 4.31 Å². The Labute approximate surface area is 169 Å². The van der Waals surface area contributed by atoms with E-state index in [4.69, 9.17) is 4.74 Å². The molecule has 156 valence electrons. The van der Waals surface area contributed by atoms with E-state index in [0.717, 1.165) is 27.4 Å². The Bertz CT molecular complexity index is 1110. The van der Waals surface area contributed by atoms with Crippen molar-refractivity contribution in [1.29, 1.82) is 0 Å². The molecule has 0 radical (unpaired) electrons. The average molecular weight is 441 g/mol. The highest BCUT2D eigenvalue weighted by molar-refractivity contribution is 7.95. The Morgan fingerprint density at radius 2 is 1.69 bits per heavy atom. The molecule has 0 bridgehead atoms. The molecule has 1 saturated heterocycles. The molecule has 2 aromatic rings. The summed E-state index contributed by atoms with van der Waals surface area (Å²) in [5.74, 6) is -0.949. The van der Waals surface area contributed by atoms with Crippen LogP contribution in [-0.4, -0.2) is 47.4 Å². The SMILES string of the molecule is Cc1ccc(/C=C/S(=O)(=O)Nc2ccc(F)c(S(=O)(=O)N3CCOCC3)c2)cc1. The van der Waals surface area contributed by atoms with Crippen LogP contribution in [0.5, 0.6) is 0 Å². The summed E-state index contributed by atoms with van der Waals surface area (Å²) in [6, 6.07) is 10.3. The molecule has 0 atom stereocenters. The fraction of sp³-hybridized carbons (Fsp3) is 0.263. The molecule has 1 aliphatic heterocycles. The van der Waals surface area contributed by atoms with Gasteiger partial charge in [0.05, 0.1) is 24.3 Å². The first-order valence-electron chi connectivity index (χ1n) is 8.82. The molecule has 1 heterocycles. The molecule has 1 fully saturated rings. The molecule has 29 heavy (non-hydrogen) atoms. The van der Waals surface area contributed by atoms with Crippen LogP contribution in [0.3, 0.4) is 0 Å². The van der Waals surface area contributed by atoms with Gasteiger partial charge in [0.2, 0.25) is 10.0 Å². The van der Waals surface area contributed by atoms with Crippen LogP contribution in [0.1, 0.15) is 11.1 Å². The summed E-state index contributed by atoms with van der Waals surface area (Å²) in [6.45, 7) is 2.57. The number of aryl methyl sites for hydroxylation is 1. The van der Waals surface area contributed by atoms with Crippen molar-refractivity contribution in [3.05, 3.63) is 64.8 Å². The van der Waals surface area contributed by atoms with E-state index in [2.05, 4.69) is 4.72 Å². The maximum Gasteiger partial charge on any atom is 0.255 e. The maximum absolute atomic E-state index is 14.2. The van der Waals surface area contributed by atoms with Crippen molar-refractivity contribution in [3.8, 4) is 0 Å². The third-order valence-electron chi connectivity index (χ3n) is 4.30. The largest absolute Gasteiger partial charge is 0.379 e. The highest BCUT2D eigenvalue weighted by Crippen LogP contribution is 2.24. The van der Waals surface area contributed by atoms with Gasteiger partial charge in [-0.25, -0.2) is 21.2 Å². The molecule has 7 nitrogen and oxygen atoms in total. The Hall–Kier alpha value is -2.27. The van der Waals surface area contributed by atoms with Gasteiger partial charge in [-0.3, -0.25) is 4.72 Å². The lowest BCUT2D eigenvalue weighted by Crippen LogP contribution is -2.40. The van der Waals surface area contributed by atoms with Crippen LogP contribution in [0.25, 0.3) is 6.08 Å². The summed E-state index contributed by atoms with van der Waals surface area (Å²) in [6.07, 6.45) is 1.41. The summed E-state index contributed by atoms with van der Waals surface area (Å²) in [5, 5.41) is 0.969. The van der Waals surface area contributed by atoms with Crippen LogP contribution in [0, 0.1) is 12.7 Å². The van der Waals surface area contributed by atoms with E-state index in [-0.39, 0.29) is 32.0 Å². The molecular formula is C19H21FN2O5S2. The number of nitrogens with zero attached hydrogens (tertiary/aromatic N) is 1. The van der Waals surface area contributed by atoms with Crippen molar-refractivity contribution in [2.75, 3.05) is 31.0 Å². The van der Waals surface area contributed by atoms with Crippen LogP contribution in [0.15, 0.2) is 52.8 Å². The molecule has 10 heteroatoms. The lowest BCUT2D eigenvalue weighted by Gasteiger charge is -2.26. The van der Waals surface area contributed by atoms with Gasteiger partial charge < -0.3 is 4.74 Å². The number of halogens is 1. The van der Waals surface area contributed by atoms with Crippen LogP contribution >= 0.6 is 0 Å². The van der Waals surface area contributed by atoms with Gasteiger partial charge in [0.15, 0.2) is 0 Å². The highest BCUT2D eigenvalue weighted by Gasteiger charge is 2.29. The van der Waals surface area contributed by atoms with E-state index >= 15 is 0 Å². The smallest absolute Gasteiger partial charge is 0.255 e. The van der Waals surface area contributed by atoms with E-state index in [1.165, 1.54) is 12.1 Å². The van der Waals surface area contributed by atoms with Gasteiger partial charge in [0, 0.05) is 13.1 Å². The Balaban J connectivity index is 1.82. The molecule has 0 spiro atoms. The zero-order chi connectivity index (χ0) is 21.1. The Kier molecular flexibility index (Phi) is 6.37. The first-order chi connectivity index (χ1) is 13.7. The second kappa shape index (κ2) is 8.62. The molecule has 0 aromatic heterocycles. The Morgan fingerprint density at radius 1 is 1.03 bits per heavy atom. The highest BCUT2D eigenvalue weighted by atomic mass is 32.2. The fourth-order valence-electron chi connectivity index (χ4n) is 2.73. The van der Waals surface area contributed by atoms with Gasteiger partial charge in [-0.15, -0.1) is 0 Å². The standard InChI is InChI=1S/C19H21FN2O5S2/c1-15-2-4-16(5-3-15)8-13-28(23,24)21-17-6-7-18(20)19(14-17)29(25,26)22-9-11-27-12-10-22/h2-8,13-14,21H,9-12H2,1H3/b13-8+. The van der Waals surface area contributed by atoms with Crippen molar-refractivity contribution < 1.29 is 26.0 Å². The van der Waals surface area contributed by atoms with Gasteiger partial charge in [0.25, 0.3) is 10.0 Å². The minimum Gasteiger partial charge on any atom is -0.379 e. The van der Waals surface area contributed by atoms with E-state index in [1.54, 1.807) is 12.1 Å². The van der Waals surface area contributed by atoms with Gasteiger partial charge in [0.1, 0.15) is 10.7 Å². The topological polar surface area (TPSA) is 92.8 Å². The minimum atomic E-state index is -4.10. The summed E-state index contributed by atoms with van der Waals surface area (Å²) in [4.78, 5) is -0.581. The normalized spacial score (nSPS) is 16.2. The number of benzene rings is 2. The number of morpholine rings is 1. The molecule has 3 rings (SSSR count). The number of hydrogen-bond acceptors (Lipinski definition) is 5. The fourth-order valence-corrected chi connectivity index (χ4v) is 5.09. The van der Waals surface area contributed by atoms with Crippen LogP contribution < -0.4 is 4.72 Å². The molecule has 1 aliphatic rings. The monoisotopic (exact) mass is 440 g/mol. The van der Waals surface area contributed by atoms with E-state index in [0.29, 0.717) is 5.56 Å². The van der Waals surface area contributed by atoms with Crippen molar-refractivity contribution in [2.24, 2.45) is 0 Å². The maximum atomic E-state index is 14.2. The zero-order valence-electron chi connectivity index (χ0n) is 15.7. The molecule has 0 saturated carbocycles. The number of sulfonamides is 2. The second-order valence-corrected chi connectivity index (χ2v) is 9.99.